The summed E-state index contributed by atoms with van der Waals surface area (Å²) in [7, 11) is 0. The van der Waals surface area contributed by atoms with Crippen molar-refractivity contribution in [1.29, 1.82) is 0 Å². The zero-order chi connectivity index (χ0) is 16.7. The number of primary amides is 1. The Morgan fingerprint density at radius 3 is 1.65 bits per heavy atom. The number of carbonyl (C=O) groups is 2. The number of aliphatic carboxylic acids is 1. The van der Waals surface area contributed by atoms with Crippen LogP contribution in [0.5, 0.6) is 0 Å². The molecular formula is C17H15N3O3. The average Bonchev–Trinajstić information content (AvgIpc) is 3.08. The highest BCUT2D eigenvalue weighted by atomic mass is 16.4. The summed E-state index contributed by atoms with van der Waals surface area (Å²) in [5, 5.41) is 15.0. The molecule has 1 aliphatic rings. The largest absolute Gasteiger partial charge is 0.479 e. The highest BCUT2D eigenvalue weighted by Gasteiger charge is 2.44. The van der Waals surface area contributed by atoms with Gasteiger partial charge in [-0.15, -0.1) is 0 Å². The topological polar surface area (TPSA) is 105 Å². The smallest absolute Gasteiger partial charge is 0.347 e. The number of carboxylic acid groups (broad SMARTS) is 1. The van der Waals surface area contributed by atoms with Crippen LogP contribution in [-0.4, -0.2) is 22.5 Å². The summed E-state index contributed by atoms with van der Waals surface area (Å²) in [5.74, 6) is -2.45. The molecule has 0 fully saturated rings. The predicted octanol–water partition coefficient (Wildman–Crippen LogP) is 2.63. The van der Waals surface area contributed by atoms with Crippen molar-refractivity contribution in [3.63, 3.8) is 0 Å². The molecule has 6 nitrogen and oxygen atoms in total. The van der Waals surface area contributed by atoms with Gasteiger partial charge < -0.3 is 10.8 Å². The Labute approximate surface area is 133 Å². The quantitative estimate of drug-likeness (QED) is 0.851. The van der Waals surface area contributed by atoms with Crippen LogP contribution >= 0.6 is 0 Å². The minimum absolute atomic E-state index is 1.04. The number of amides is 1. The number of nitrogens with two attached hydrogens (primary N) is 1. The van der Waals surface area contributed by atoms with Gasteiger partial charge in [0.15, 0.2) is 0 Å². The Bertz CT molecular complexity index is 675. The molecule has 1 amide bonds. The van der Waals surface area contributed by atoms with Gasteiger partial charge in [-0.1, -0.05) is 60.7 Å². The van der Waals surface area contributed by atoms with Crippen LogP contribution in [0.2, 0.25) is 0 Å². The Kier molecular flexibility index (Phi) is 4.99. The number of azo groups is 1. The summed E-state index contributed by atoms with van der Waals surface area (Å²) in [6, 6.07) is 20.8. The number of hydrogen-bond acceptors (Lipinski definition) is 4. The average molecular weight is 309 g/mol. The van der Waals surface area contributed by atoms with Gasteiger partial charge in [-0.2, -0.15) is 10.2 Å². The van der Waals surface area contributed by atoms with Crippen LogP contribution < -0.4 is 5.73 Å². The fourth-order valence-corrected chi connectivity index (χ4v) is 1.91. The highest BCUT2D eigenvalue weighted by molar-refractivity contribution is 6.08. The van der Waals surface area contributed by atoms with E-state index in [1.807, 2.05) is 12.1 Å². The van der Waals surface area contributed by atoms with E-state index < -0.39 is 17.4 Å². The SMILES string of the molecule is NC(=O)C1(C(=O)O)C=CN=N1.c1ccc(-c2ccccc2)cc1. The van der Waals surface area contributed by atoms with E-state index in [-0.39, 0.29) is 0 Å². The molecule has 3 N–H and O–H groups in total. The first-order valence-electron chi connectivity index (χ1n) is 6.80. The maximum Gasteiger partial charge on any atom is 0.347 e. The molecule has 23 heavy (non-hydrogen) atoms. The molecular weight excluding hydrogens is 294 g/mol. The molecule has 0 saturated carbocycles. The van der Waals surface area contributed by atoms with Crippen LogP contribution in [-0.2, 0) is 9.59 Å². The lowest BCUT2D eigenvalue weighted by Gasteiger charge is -2.10. The molecule has 116 valence electrons. The van der Waals surface area contributed by atoms with Gasteiger partial charge in [0.2, 0.25) is 0 Å². The second kappa shape index (κ2) is 7.13. The molecule has 1 heterocycles. The molecule has 3 rings (SSSR count). The van der Waals surface area contributed by atoms with E-state index in [0.29, 0.717) is 0 Å². The van der Waals surface area contributed by atoms with Crippen LogP contribution in [0, 0.1) is 0 Å². The highest BCUT2D eigenvalue weighted by Crippen LogP contribution is 2.19. The molecule has 0 bridgehead atoms. The number of rotatable bonds is 3. The molecule has 1 unspecified atom stereocenters. The van der Waals surface area contributed by atoms with Crippen LogP contribution in [0.1, 0.15) is 0 Å². The van der Waals surface area contributed by atoms with Crippen molar-refractivity contribution in [1.82, 2.24) is 0 Å². The van der Waals surface area contributed by atoms with Crippen LogP contribution in [0.4, 0.5) is 0 Å². The minimum atomic E-state index is -1.97. The molecule has 1 aliphatic heterocycles. The molecule has 6 heteroatoms. The third-order valence-corrected chi connectivity index (χ3v) is 3.18. The van der Waals surface area contributed by atoms with Gasteiger partial charge in [0.1, 0.15) is 0 Å². The van der Waals surface area contributed by atoms with Gasteiger partial charge in [0.25, 0.3) is 11.4 Å². The summed E-state index contributed by atoms with van der Waals surface area (Å²) in [5.41, 5.74) is 5.39. The monoisotopic (exact) mass is 309 g/mol. The van der Waals surface area contributed by atoms with Crippen molar-refractivity contribution in [2.75, 3.05) is 0 Å². The first kappa shape index (κ1) is 16.1. The van der Waals surface area contributed by atoms with Gasteiger partial charge >= 0.3 is 5.97 Å². The minimum Gasteiger partial charge on any atom is -0.479 e. The first-order chi connectivity index (χ1) is 11.1. The van der Waals surface area contributed by atoms with Crippen LogP contribution in [0.15, 0.2) is 83.2 Å². The van der Waals surface area contributed by atoms with E-state index in [2.05, 4.69) is 58.8 Å². The maximum atomic E-state index is 10.6. The van der Waals surface area contributed by atoms with Crippen molar-refractivity contribution < 1.29 is 14.7 Å². The van der Waals surface area contributed by atoms with Crippen molar-refractivity contribution in [3.8, 4) is 11.1 Å². The predicted molar refractivity (Wildman–Crippen MR) is 85.4 cm³/mol. The zero-order valence-corrected chi connectivity index (χ0v) is 12.2. The van der Waals surface area contributed by atoms with Crippen molar-refractivity contribution in [3.05, 3.63) is 72.9 Å². The standard InChI is InChI=1S/C12H10.C5H5N3O3/c1-3-7-11(8-4-1)12-9-5-2-6-10-12;6-3(9)5(4(10)11)1-2-7-8-5/h1-10H;1-2H,(H2,6,9)(H,10,11). The molecule has 0 radical (unpaired) electrons. The van der Waals surface area contributed by atoms with Gasteiger partial charge in [-0.3, -0.25) is 4.79 Å². The molecule has 2 aromatic rings. The summed E-state index contributed by atoms with van der Waals surface area (Å²) >= 11 is 0. The lowest BCUT2D eigenvalue weighted by atomic mass is 10.0. The number of nitrogens with zero attached hydrogens (tertiary/aromatic N) is 2. The van der Waals surface area contributed by atoms with E-state index in [0.717, 1.165) is 12.3 Å². The normalized spacial score (nSPS) is 18.1. The van der Waals surface area contributed by atoms with Gasteiger partial charge in [-0.05, 0) is 17.2 Å². The number of carboxylic acids is 1. The second-order valence-electron chi connectivity index (χ2n) is 4.70. The molecule has 1 atom stereocenters. The molecule has 0 aliphatic carbocycles. The van der Waals surface area contributed by atoms with E-state index in [1.54, 1.807) is 0 Å². The maximum absolute atomic E-state index is 10.6. The fraction of sp³-hybridized carbons (Fsp3) is 0.0588. The van der Waals surface area contributed by atoms with Crippen molar-refractivity contribution >= 4 is 11.9 Å². The first-order valence-corrected chi connectivity index (χ1v) is 6.80. The van der Waals surface area contributed by atoms with E-state index in [9.17, 15) is 9.59 Å². The van der Waals surface area contributed by atoms with E-state index in [1.165, 1.54) is 11.1 Å². The Morgan fingerprint density at radius 1 is 0.913 bits per heavy atom. The molecule has 2 aromatic carbocycles. The summed E-state index contributed by atoms with van der Waals surface area (Å²) in [4.78, 5) is 21.1. The van der Waals surface area contributed by atoms with Gasteiger partial charge in [0.05, 0.1) is 0 Å². The van der Waals surface area contributed by atoms with E-state index in [4.69, 9.17) is 10.8 Å². The Morgan fingerprint density at radius 2 is 1.39 bits per heavy atom. The lowest BCUT2D eigenvalue weighted by Crippen LogP contribution is -2.46. The number of hydrogen-bond donors (Lipinski definition) is 2. The van der Waals surface area contributed by atoms with Crippen molar-refractivity contribution in [2.24, 2.45) is 16.0 Å². The Hall–Kier alpha value is -3.28. The zero-order valence-electron chi connectivity index (χ0n) is 12.2. The second-order valence-corrected chi connectivity index (χ2v) is 4.70. The fourth-order valence-electron chi connectivity index (χ4n) is 1.91. The van der Waals surface area contributed by atoms with Crippen LogP contribution in [0.3, 0.4) is 0 Å². The van der Waals surface area contributed by atoms with Crippen LogP contribution in [0.25, 0.3) is 11.1 Å². The third-order valence-electron chi connectivity index (χ3n) is 3.18. The van der Waals surface area contributed by atoms with Gasteiger partial charge in [0, 0.05) is 6.20 Å². The summed E-state index contributed by atoms with van der Waals surface area (Å²) in [6.45, 7) is 0. The number of carbonyl (C=O) groups excluding carboxylic acids is 1. The van der Waals surface area contributed by atoms with E-state index >= 15 is 0 Å². The van der Waals surface area contributed by atoms with Crippen molar-refractivity contribution in [2.45, 2.75) is 5.54 Å². The molecule has 0 saturated heterocycles. The number of benzene rings is 2. The Balaban J connectivity index is 0.000000168. The van der Waals surface area contributed by atoms with Gasteiger partial charge in [-0.25, -0.2) is 4.79 Å². The lowest BCUT2D eigenvalue weighted by molar-refractivity contribution is -0.145. The molecule has 0 spiro atoms. The summed E-state index contributed by atoms with van der Waals surface area (Å²) < 4.78 is 0. The summed E-state index contributed by atoms with van der Waals surface area (Å²) in [6.07, 6.45) is 2.16. The molecule has 0 aromatic heterocycles. The third kappa shape index (κ3) is 3.68.